The topological polar surface area (TPSA) is 138 Å². The van der Waals surface area contributed by atoms with Crippen LogP contribution in [-0.2, 0) is 27.4 Å². The van der Waals surface area contributed by atoms with E-state index in [9.17, 15) is 18.6 Å². The molecular formula is C36H50N8O4S. The van der Waals surface area contributed by atoms with Crippen molar-refractivity contribution in [2.75, 3.05) is 65.2 Å². The van der Waals surface area contributed by atoms with Crippen LogP contribution in [0.5, 0.6) is 0 Å². The monoisotopic (exact) mass is 690 g/mol. The van der Waals surface area contributed by atoms with Crippen LogP contribution < -0.4 is 10.9 Å². The summed E-state index contributed by atoms with van der Waals surface area (Å²) in [6, 6.07) is 5.70. The minimum Gasteiger partial charge on any atom is -0.338 e. The summed E-state index contributed by atoms with van der Waals surface area (Å²) in [6.07, 6.45) is 5.80. The summed E-state index contributed by atoms with van der Waals surface area (Å²) >= 11 is 0. The van der Waals surface area contributed by atoms with Crippen molar-refractivity contribution in [3.05, 3.63) is 57.0 Å². The molecule has 0 aliphatic carbocycles. The molecule has 3 N–H and O–H groups in total. The highest BCUT2D eigenvalue weighted by molar-refractivity contribution is 7.85. The van der Waals surface area contributed by atoms with E-state index in [0.29, 0.717) is 67.8 Å². The van der Waals surface area contributed by atoms with E-state index in [1.54, 1.807) is 11.1 Å². The highest BCUT2D eigenvalue weighted by Crippen LogP contribution is 2.37. The second kappa shape index (κ2) is 13.6. The van der Waals surface area contributed by atoms with E-state index in [-0.39, 0.29) is 28.8 Å². The van der Waals surface area contributed by atoms with Gasteiger partial charge in [0.15, 0.2) is 0 Å². The molecule has 3 saturated heterocycles. The molecule has 2 aromatic heterocycles. The number of aromatic amines is 2. The number of hydrogen-bond acceptors (Lipinski definition) is 7. The van der Waals surface area contributed by atoms with Gasteiger partial charge in [0.2, 0.25) is 5.91 Å². The summed E-state index contributed by atoms with van der Waals surface area (Å²) in [5, 5.41) is 11.9. The Kier molecular flexibility index (Phi) is 9.44. The number of aryl methyl sites for hydroxylation is 1. The van der Waals surface area contributed by atoms with E-state index in [0.717, 1.165) is 66.6 Å². The van der Waals surface area contributed by atoms with Gasteiger partial charge in [-0.2, -0.15) is 5.10 Å². The molecule has 0 spiro atoms. The Morgan fingerprint density at radius 3 is 2.43 bits per heavy atom. The van der Waals surface area contributed by atoms with E-state index in [4.69, 9.17) is 0 Å². The zero-order valence-corrected chi connectivity index (χ0v) is 30.0. The molecule has 0 radical (unpaired) electrons. The van der Waals surface area contributed by atoms with E-state index >= 15 is 0 Å². The van der Waals surface area contributed by atoms with Crippen LogP contribution >= 0.6 is 0 Å². The Hall–Kier alpha value is -3.55. The van der Waals surface area contributed by atoms with Crippen LogP contribution in [0.1, 0.15) is 67.7 Å². The zero-order valence-electron chi connectivity index (χ0n) is 29.2. The first-order valence-corrected chi connectivity index (χ1v) is 19.1. The fourth-order valence-electron chi connectivity index (χ4n) is 8.38. The molecule has 2 atom stereocenters. The third-order valence-corrected chi connectivity index (χ3v) is 13.1. The number of rotatable bonds is 6. The van der Waals surface area contributed by atoms with Crippen molar-refractivity contribution in [3.63, 3.8) is 0 Å². The lowest BCUT2D eigenvalue weighted by molar-refractivity contribution is -0.135. The maximum atomic E-state index is 14.2. The molecule has 3 aromatic rings. The Morgan fingerprint density at radius 1 is 1.00 bits per heavy atom. The first-order valence-electron chi connectivity index (χ1n) is 17.8. The number of H-pyrrole nitrogens is 2. The van der Waals surface area contributed by atoms with E-state index in [1.165, 1.54) is 0 Å². The molecule has 6 heterocycles. The molecule has 12 nitrogen and oxygen atoms in total. The summed E-state index contributed by atoms with van der Waals surface area (Å²) in [6.45, 7) is 12.4. The average Bonchev–Trinajstić information content (AvgIpc) is 3.65. The van der Waals surface area contributed by atoms with E-state index < -0.39 is 16.8 Å². The molecule has 1 unspecified atom stereocenters. The van der Waals surface area contributed by atoms with Gasteiger partial charge >= 0.3 is 6.03 Å². The summed E-state index contributed by atoms with van der Waals surface area (Å²) in [4.78, 5) is 52.6. The predicted octanol–water partition coefficient (Wildman–Crippen LogP) is 2.70. The number of carbonyl (C=O) groups excluding carboxylic acids is 2. The lowest BCUT2D eigenvalue weighted by Gasteiger charge is -2.43. The Labute approximate surface area is 290 Å². The lowest BCUT2D eigenvalue weighted by Crippen LogP contribution is -2.59. The number of likely N-dealkylation sites (tertiary alicyclic amines) is 2. The highest BCUT2D eigenvalue weighted by Gasteiger charge is 2.38. The van der Waals surface area contributed by atoms with Gasteiger partial charge in [-0.15, -0.1) is 0 Å². The highest BCUT2D eigenvalue weighted by atomic mass is 32.2. The van der Waals surface area contributed by atoms with E-state index in [2.05, 4.69) is 57.3 Å². The maximum absolute atomic E-state index is 14.2. The number of piperazine rings is 1. The number of urea groups is 1. The summed E-state index contributed by atoms with van der Waals surface area (Å²) in [5.74, 6) is 0.468. The summed E-state index contributed by atoms with van der Waals surface area (Å²) in [5.41, 5.74) is 4.23. The van der Waals surface area contributed by atoms with Crippen LogP contribution in [0.2, 0.25) is 0 Å². The quantitative estimate of drug-likeness (QED) is 0.362. The first kappa shape index (κ1) is 33.9. The second-order valence-electron chi connectivity index (χ2n) is 15.3. The van der Waals surface area contributed by atoms with Gasteiger partial charge in [-0.05, 0) is 87.5 Å². The van der Waals surface area contributed by atoms with Gasteiger partial charge in [0.1, 0.15) is 11.1 Å². The fraction of sp³-hybridized carbons (Fsp3) is 0.611. The third-order valence-electron chi connectivity index (χ3n) is 11.4. The Balaban J connectivity index is 1.03. The minimum atomic E-state index is -1.20. The van der Waals surface area contributed by atoms with Crippen molar-refractivity contribution in [2.45, 2.75) is 81.3 Å². The lowest BCUT2D eigenvalue weighted by atomic mass is 9.84. The summed E-state index contributed by atoms with van der Waals surface area (Å²) < 4.78 is 12.6. The van der Waals surface area contributed by atoms with Gasteiger partial charge in [-0.3, -0.25) is 23.8 Å². The van der Waals surface area contributed by atoms with Gasteiger partial charge in [0.05, 0.1) is 22.5 Å². The fourth-order valence-corrected chi connectivity index (χ4v) is 10.1. The van der Waals surface area contributed by atoms with Crippen LogP contribution in [0, 0.1) is 6.92 Å². The molecule has 13 heteroatoms. The van der Waals surface area contributed by atoms with Crippen LogP contribution in [0.25, 0.3) is 10.9 Å². The standard InChI is InChI=1S/C36H50N8O4S/c1-23-17-24(18-26-21-37-40-31(23)26)19-30(34(46)43-15-13-42(14-16-43)27-7-9-41(4)10-8-27)38-35(47)44-11-5-25(6-12-44)28-20-29-33(39-32(28)45)49(48)22-36(29,2)3/h17-18,20-21,25,27,30H,5-16,19,22H2,1-4H3,(H,37,40)(H,38,47)(H,39,45)/t30-,49?/m1/s1. The number of carbonyl (C=O) groups is 2. The van der Waals surface area contributed by atoms with Gasteiger partial charge in [0, 0.05) is 73.8 Å². The number of benzene rings is 1. The summed E-state index contributed by atoms with van der Waals surface area (Å²) in [7, 11) is 0.980. The average molecular weight is 691 g/mol. The molecule has 4 aliphatic heterocycles. The maximum Gasteiger partial charge on any atom is 0.318 e. The number of piperidine rings is 2. The number of hydrogen-bond donors (Lipinski definition) is 3. The van der Waals surface area contributed by atoms with Crippen LogP contribution in [0.3, 0.4) is 0 Å². The second-order valence-corrected chi connectivity index (χ2v) is 16.7. The SMILES string of the molecule is Cc1cc(C[C@@H](NC(=O)N2CCC(c3cc4c([nH]c3=O)S(=O)CC4(C)C)CC2)C(=O)N2CCN(C3CCN(C)CC3)CC2)cc2cn[nH]c12. The third kappa shape index (κ3) is 6.94. The first-order chi connectivity index (χ1) is 23.5. The van der Waals surface area contributed by atoms with E-state index in [1.807, 2.05) is 24.0 Å². The molecule has 4 aliphatic rings. The smallest absolute Gasteiger partial charge is 0.318 e. The number of amides is 3. The molecule has 264 valence electrons. The molecule has 0 bridgehead atoms. The molecule has 7 rings (SSSR count). The van der Waals surface area contributed by atoms with Crippen molar-refractivity contribution in [1.29, 1.82) is 0 Å². The van der Waals surface area contributed by atoms with Crippen molar-refractivity contribution in [2.24, 2.45) is 0 Å². The van der Waals surface area contributed by atoms with Crippen molar-refractivity contribution in [1.82, 2.24) is 40.1 Å². The molecule has 3 amide bonds. The molecule has 1 aromatic carbocycles. The molecule has 49 heavy (non-hydrogen) atoms. The Morgan fingerprint density at radius 2 is 1.71 bits per heavy atom. The zero-order chi connectivity index (χ0) is 34.4. The number of nitrogens with one attached hydrogen (secondary N) is 3. The normalized spacial score (nSPS) is 23.1. The largest absolute Gasteiger partial charge is 0.338 e. The Bertz CT molecular complexity index is 1800. The minimum absolute atomic E-state index is 0.00545. The predicted molar refractivity (Wildman–Crippen MR) is 190 cm³/mol. The van der Waals surface area contributed by atoms with Gasteiger partial charge in [0.25, 0.3) is 5.56 Å². The number of nitrogens with zero attached hydrogens (tertiary/aromatic N) is 5. The van der Waals surface area contributed by atoms with Crippen LogP contribution in [0.4, 0.5) is 4.79 Å². The van der Waals surface area contributed by atoms with Gasteiger partial charge < -0.3 is 25.0 Å². The molecule has 3 fully saturated rings. The number of aromatic nitrogens is 3. The van der Waals surface area contributed by atoms with Crippen molar-refractivity contribution in [3.8, 4) is 0 Å². The molecular weight excluding hydrogens is 641 g/mol. The van der Waals surface area contributed by atoms with Gasteiger partial charge in [-0.25, -0.2) is 4.79 Å². The van der Waals surface area contributed by atoms with Crippen molar-refractivity contribution >= 4 is 33.6 Å². The van der Waals surface area contributed by atoms with Crippen molar-refractivity contribution < 1.29 is 13.8 Å². The molecule has 0 saturated carbocycles. The number of pyridine rings is 1. The number of fused-ring (bicyclic) bond motifs is 2. The van der Waals surface area contributed by atoms with Crippen LogP contribution in [-0.4, -0.2) is 128 Å². The van der Waals surface area contributed by atoms with Gasteiger partial charge in [-0.1, -0.05) is 19.9 Å². The van der Waals surface area contributed by atoms with Crippen LogP contribution in [0.15, 0.2) is 34.2 Å².